The van der Waals surface area contributed by atoms with Gasteiger partial charge >= 0.3 is 0 Å². The van der Waals surface area contributed by atoms with Crippen LogP contribution in [0.25, 0.3) is 99.1 Å². The van der Waals surface area contributed by atoms with E-state index in [4.69, 9.17) is 0 Å². The average Bonchev–Trinajstić information content (AvgIpc) is 3.76. The van der Waals surface area contributed by atoms with E-state index in [2.05, 4.69) is 215 Å². The number of rotatable bonds is 5. The zero-order chi connectivity index (χ0) is 35.6. The van der Waals surface area contributed by atoms with Crippen LogP contribution in [-0.4, -0.2) is 9.13 Å². The third kappa shape index (κ3) is 4.67. The van der Waals surface area contributed by atoms with E-state index in [9.17, 15) is 0 Å². The summed E-state index contributed by atoms with van der Waals surface area (Å²) in [6.45, 7) is 0. The molecule has 0 aliphatic rings. The van der Waals surface area contributed by atoms with Gasteiger partial charge < -0.3 is 9.13 Å². The van der Waals surface area contributed by atoms with E-state index in [1.54, 1.807) is 0 Å². The summed E-state index contributed by atoms with van der Waals surface area (Å²) in [6.07, 6.45) is 0. The first-order chi connectivity index (χ1) is 26.8. The van der Waals surface area contributed by atoms with Crippen LogP contribution in [0.3, 0.4) is 0 Å². The van der Waals surface area contributed by atoms with Crippen molar-refractivity contribution in [1.29, 1.82) is 0 Å². The molecular formula is C52H34N2. The van der Waals surface area contributed by atoms with Crippen molar-refractivity contribution in [1.82, 2.24) is 9.13 Å². The predicted molar refractivity (Wildman–Crippen MR) is 229 cm³/mol. The summed E-state index contributed by atoms with van der Waals surface area (Å²) in [5.41, 5.74) is 14.4. The second kappa shape index (κ2) is 12.2. The molecule has 0 bridgehead atoms. The van der Waals surface area contributed by atoms with Crippen molar-refractivity contribution in [2.45, 2.75) is 0 Å². The molecule has 11 rings (SSSR count). The molecular weight excluding hydrogens is 653 g/mol. The minimum atomic E-state index is 1.17. The van der Waals surface area contributed by atoms with Gasteiger partial charge in [0.15, 0.2) is 0 Å². The van der Waals surface area contributed by atoms with Crippen LogP contribution in [0.5, 0.6) is 0 Å². The molecule has 11 aromatic rings. The first kappa shape index (κ1) is 30.5. The predicted octanol–water partition coefficient (Wildman–Crippen LogP) is 14.0. The second-order valence-corrected chi connectivity index (χ2v) is 14.1. The number of fused-ring (bicyclic) bond motifs is 7. The van der Waals surface area contributed by atoms with Crippen LogP contribution >= 0.6 is 0 Å². The normalized spacial score (nSPS) is 11.7. The van der Waals surface area contributed by atoms with Gasteiger partial charge in [-0.1, -0.05) is 170 Å². The van der Waals surface area contributed by atoms with E-state index in [0.29, 0.717) is 0 Å². The molecule has 0 spiro atoms. The molecule has 2 heterocycles. The first-order valence-corrected chi connectivity index (χ1v) is 18.6. The largest absolute Gasteiger partial charge is 0.309 e. The lowest BCUT2D eigenvalue weighted by Crippen LogP contribution is -1.98. The van der Waals surface area contributed by atoms with Crippen LogP contribution in [0.4, 0.5) is 0 Å². The molecule has 54 heavy (non-hydrogen) atoms. The van der Waals surface area contributed by atoms with E-state index in [1.165, 1.54) is 99.1 Å². The molecule has 0 amide bonds. The van der Waals surface area contributed by atoms with E-state index in [-0.39, 0.29) is 0 Å². The van der Waals surface area contributed by atoms with Gasteiger partial charge in [-0.05, 0) is 69.4 Å². The maximum atomic E-state index is 2.47. The fourth-order valence-electron chi connectivity index (χ4n) is 8.71. The molecule has 2 nitrogen and oxygen atoms in total. The third-order valence-corrected chi connectivity index (χ3v) is 11.1. The lowest BCUT2D eigenvalue weighted by Gasteiger charge is -2.16. The zero-order valence-corrected chi connectivity index (χ0v) is 29.5. The molecule has 0 fully saturated rings. The topological polar surface area (TPSA) is 9.86 Å². The van der Waals surface area contributed by atoms with Gasteiger partial charge in [0.1, 0.15) is 0 Å². The molecule has 252 valence electrons. The van der Waals surface area contributed by atoms with Crippen LogP contribution in [0.15, 0.2) is 206 Å². The minimum Gasteiger partial charge on any atom is -0.309 e. The highest BCUT2D eigenvalue weighted by Gasteiger charge is 2.19. The monoisotopic (exact) mass is 686 g/mol. The molecule has 0 aliphatic carbocycles. The van der Waals surface area contributed by atoms with Gasteiger partial charge in [0.2, 0.25) is 0 Å². The number of benzene rings is 9. The highest BCUT2D eigenvalue weighted by atomic mass is 15.0. The summed E-state index contributed by atoms with van der Waals surface area (Å²) >= 11 is 0. The Morgan fingerprint density at radius 1 is 0.241 bits per heavy atom. The molecule has 0 aliphatic heterocycles. The maximum Gasteiger partial charge on any atom is 0.0547 e. The summed E-state index contributed by atoms with van der Waals surface area (Å²) in [7, 11) is 0. The van der Waals surface area contributed by atoms with E-state index >= 15 is 0 Å². The summed E-state index contributed by atoms with van der Waals surface area (Å²) < 4.78 is 4.92. The summed E-state index contributed by atoms with van der Waals surface area (Å²) in [5.74, 6) is 0. The van der Waals surface area contributed by atoms with Gasteiger partial charge in [-0.15, -0.1) is 0 Å². The van der Waals surface area contributed by atoms with E-state index in [0.717, 1.165) is 0 Å². The van der Waals surface area contributed by atoms with Gasteiger partial charge in [-0.2, -0.15) is 0 Å². The minimum absolute atomic E-state index is 1.17. The number of para-hydroxylation sites is 4. The number of hydrogen-bond acceptors (Lipinski definition) is 0. The quantitative estimate of drug-likeness (QED) is 0.171. The van der Waals surface area contributed by atoms with Crippen LogP contribution in [0.1, 0.15) is 0 Å². The summed E-state index contributed by atoms with van der Waals surface area (Å²) in [5, 5.41) is 7.49. The zero-order valence-electron chi connectivity index (χ0n) is 29.5. The van der Waals surface area contributed by atoms with Crippen molar-refractivity contribution in [2.75, 3.05) is 0 Å². The Morgan fingerprint density at radius 2 is 0.685 bits per heavy atom. The van der Waals surface area contributed by atoms with Crippen molar-refractivity contribution in [3.05, 3.63) is 206 Å². The van der Waals surface area contributed by atoms with Gasteiger partial charge in [-0.25, -0.2) is 0 Å². The van der Waals surface area contributed by atoms with Crippen LogP contribution in [-0.2, 0) is 0 Å². The Bertz CT molecular complexity index is 3210. The van der Waals surface area contributed by atoms with Crippen molar-refractivity contribution < 1.29 is 0 Å². The Morgan fingerprint density at radius 3 is 1.33 bits per heavy atom. The SMILES string of the molecule is c1ccc(-c2ccccc2-n2c3ccccc3c3ccc(-c4ccc5c6ccccc6n(-c6ccccc6-c6cccc7ccccc67)c5c4)cc32)cc1. The highest BCUT2D eigenvalue weighted by Crippen LogP contribution is 2.41. The van der Waals surface area contributed by atoms with Crippen molar-refractivity contribution in [3.63, 3.8) is 0 Å². The second-order valence-electron chi connectivity index (χ2n) is 14.1. The number of aromatic nitrogens is 2. The smallest absolute Gasteiger partial charge is 0.0547 e. The molecule has 0 N–H and O–H groups in total. The van der Waals surface area contributed by atoms with E-state index < -0.39 is 0 Å². The first-order valence-electron chi connectivity index (χ1n) is 18.6. The average molecular weight is 687 g/mol. The number of hydrogen-bond donors (Lipinski definition) is 0. The molecule has 2 aromatic heterocycles. The molecule has 0 radical (unpaired) electrons. The highest BCUT2D eigenvalue weighted by molar-refractivity contribution is 6.13. The fourth-order valence-corrected chi connectivity index (χ4v) is 8.71. The van der Waals surface area contributed by atoms with Crippen molar-refractivity contribution in [2.24, 2.45) is 0 Å². The number of nitrogens with zero attached hydrogens (tertiary/aromatic N) is 2. The molecule has 0 saturated carbocycles. The molecule has 0 unspecified atom stereocenters. The Balaban J connectivity index is 1.15. The van der Waals surface area contributed by atoms with Crippen LogP contribution in [0, 0.1) is 0 Å². The van der Waals surface area contributed by atoms with Gasteiger partial charge in [-0.3, -0.25) is 0 Å². The van der Waals surface area contributed by atoms with Crippen molar-refractivity contribution in [3.8, 4) is 44.8 Å². The lowest BCUT2D eigenvalue weighted by atomic mass is 9.97. The third-order valence-electron chi connectivity index (χ3n) is 11.1. The maximum absolute atomic E-state index is 2.47. The fraction of sp³-hybridized carbons (Fsp3) is 0. The molecule has 9 aromatic carbocycles. The Kier molecular flexibility index (Phi) is 6.90. The molecule has 0 atom stereocenters. The molecule has 0 saturated heterocycles. The Labute approximate surface area is 313 Å². The lowest BCUT2D eigenvalue weighted by molar-refractivity contribution is 1.18. The van der Waals surface area contributed by atoms with Gasteiger partial charge in [0, 0.05) is 32.7 Å². The Hall–Kier alpha value is -7.16. The van der Waals surface area contributed by atoms with Gasteiger partial charge in [0.25, 0.3) is 0 Å². The van der Waals surface area contributed by atoms with E-state index in [1.807, 2.05) is 0 Å². The van der Waals surface area contributed by atoms with Crippen molar-refractivity contribution >= 4 is 54.4 Å². The van der Waals surface area contributed by atoms with Gasteiger partial charge in [0.05, 0.1) is 33.4 Å². The van der Waals surface area contributed by atoms with Crippen LogP contribution < -0.4 is 0 Å². The standard InChI is InChI=1S/C52H34N2/c1-2-15-36(16-3-1)40-20-6-10-25-47(40)53-49-27-12-8-22-43(49)45-31-29-37(33-51(45)53)38-30-32-46-44-23-9-13-28-50(44)54(52(46)34-38)48-26-11-7-21-42(48)41-24-14-18-35-17-4-5-19-39(35)41/h1-34H. The van der Waals surface area contributed by atoms with Crippen LogP contribution in [0.2, 0.25) is 0 Å². The molecule has 2 heteroatoms. The summed E-state index contributed by atoms with van der Waals surface area (Å²) in [6, 6.07) is 75.2. The summed E-state index contributed by atoms with van der Waals surface area (Å²) in [4.78, 5) is 0.